The van der Waals surface area contributed by atoms with Crippen molar-refractivity contribution in [3.8, 4) is 5.75 Å². The van der Waals surface area contributed by atoms with Gasteiger partial charge in [0.25, 0.3) is 5.91 Å². The molecule has 0 radical (unpaired) electrons. The summed E-state index contributed by atoms with van der Waals surface area (Å²) in [5, 5.41) is 7.71. The summed E-state index contributed by atoms with van der Waals surface area (Å²) in [5.41, 5.74) is 3.29. The van der Waals surface area contributed by atoms with Crippen molar-refractivity contribution in [2.24, 2.45) is 7.05 Å². The Hall–Kier alpha value is -2.01. The van der Waals surface area contributed by atoms with Crippen LogP contribution in [0.5, 0.6) is 5.75 Å². The van der Waals surface area contributed by atoms with Gasteiger partial charge in [-0.3, -0.25) is 9.48 Å². The van der Waals surface area contributed by atoms with E-state index in [1.54, 1.807) is 18.2 Å². The minimum Gasteiger partial charge on any atom is -0.496 e. The summed E-state index contributed by atoms with van der Waals surface area (Å²) >= 11 is 6.14. The van der Waals surface area contributed by atoms with Crippen LogP contribution < -0.4 is 10.1 Å². The number of amides is 1. The van der Waals surface area contributed by atoms with Gasteiger partial charge in [-0.05, 0) is 32.9 Å². The number of hydrogen-bond acceptors (Lipinski definition) is 3. The quantitative estimate of drug-likeness (QED) is 0.941. The summed E-state index contributed by atoms with van der Waals surface area (Å²) in [4.78, 5) is 12.6. The van der Waals surface area contributed by atoms with Crippen molar-refractivity contribution in [2.45, 2.75) is 26.8 Å². The Bertz CT molecular complexity index is 710. The van der Waals surface area contributed by atoms with Crippen LogP contribution in [0.4, 0.5) is 0 Å². The largest absolute Gasteiger partial charge is 0.496 e. The minimum atomic E-state index is -0.266. The van der Waals surface area contributed by atoms with Gasteiger partial charge in [-0.2, -0.15) is 5.10 Å². The molecule has 1 amide bonds. The lowest BCUT2D eigenvalue weighted by molar-refractivity contribution is 0.0937. The Balaban J connectivity index is 2.29. The lowest BCUT2D eigenvalue weighted by atomic mass is 10.1. The van der Waals surface area contributed by atoms with E-state index in [0.29, 0.717) is 16.3 Å². The molecule has 0 spiro atoms. The highest BCUT2D eigenvalue weighted by atomic mass is 35.5. The molecule has 1 aromatic heterocycles. The maximum atomic E-state index is 12.6. The van der Waals surface area contributed by atoms with E-state index in [9.17, 15) is 4.79 Å². The van der Waals surface area contributed by atoms with E-state index in [-0.39, 0.29) is 11.9 Å². The van der Waals surface area contributed by atoms with Crippen molar-refractivity contribution in [3.05, 3.63) is 45.7 Å². The van der Waals surface area contributed by atoms with Crippen LogP contribution in [0, 0.1) is 13.8 Å². The minimum absolute atomic E-state index is 0.179. The van der Waals surface area contributed by atoms with Crippen molar-refractivity contribution in [2.75, 3.05) is 7.11 Å². The molecule has 0 saturated carbocycles. The Kier molecular flexibility index (Phi) is 4.76. The van der Waals surface area contributed by atoms with Crippen LogP contribution in [-0.2, 0) is 7.05 Å². The maximum Gasteiger partial charge on any atom is 0.257 e. The summed E-state index contributed by atoms with van der Waals surface area (Å²) in [5.74, 6) is 0.189. The standard InChI is InChI=1S/C16H20ClN3O2/c1-9(14-10(2)19-20(4)11(14)3)18-16(21)15-12(17)7-6-8-13(15)22-5/h6-9H,1-5H3,(H,18,21). The monoisotopic (exact) mass is 321 g/mol. The average Bonchev–Trinajstić information content (AvgIpc) is 2.71. The van der Waals surface area contributed by atoms with Crippen molar-refractivity contribution in [1.82, 2.24) is 15.1 Å². The Labute approximate surface area is 135 Å². The molecule has 0 fully saturated rings. The molecular formula is C16H20ClN3O2. The number of aryl methyl sites for hydroxylation is 2. The molecule has 0 aliphatic heterocycles. The van der Waals surface area contributed by atoms with Gasteiger partial charge in [-0.15, -0.1) is 0 Å². The number of nitrogens with one attached hydrogen (secondary N) is 1. The molecular weight excluding hydrogens is 302 g/mol. The van der Waals surface area contributed by atoms with Crippen molar-refractivity contribution >= 4 is 17.5 Å². The smallest absolute Gasteiger partial charge is 0.257 e. The van der Waals surface area contributed by atoms with Gasteiger partial charge in [-0.25, -0.2) is 0 Å². The molecule has 1 heterocycles. The molecule has 0 aliphatic carbocycles. The third-order valence-corrected chi connectivity index (χ3v) is 4.08. The number of ether oxygens (including phenoxy) is 1. The van der Waals surface area contributed by atoms with E-state index < -0.39 is 0 Å². The molecule has 1 aromatic carbocycles. The summed E-state index contributed by atoms with van der Waals surface area (Å²) in [7, 11) is 3.40. The van der Waals surface area contributed by atoms with Gasteiger partial charge < -0.3 is 10.1 Å². The third-order valence-electron chi connectivity index (χ3n) is 3.77. The number of rotatable bonds is 4. The van der Waals surface area contributed by atoms with Crippen LogP contribution in [0.25, 0.3) is 0 Å². The highest BCUT2D eigenvalue weighted by Gasteiger charge is 2.22. The van der Waals surface area contributed by atoms with Crippen LogP contribution in [-0.4, -0.2) is 22.8 Å². The molecule has 0 saturated heterocycles. The lowest BCUT2D eigenvalue weighted by Crippen LogP contribution is -2.28. The number of carbonyl (C=O) groups excluding carboxylic acids is 1. The van der Waals surface area contributed by atoms with Crippen molar-refractivity contribution in [1.29, 1.82) is 0 Å². The van der Waals surface area contributed by atoms with E-state index in [1.165, 1.54) is 7.11 Å². The van der Waals surface area contributed by atoms with E-state index in [2.05, 4.69) is 10.4 Å². The predicted octanol–water partition coefficient (Wildman–Crippen LogP) is 3.19. The summed E-state index contributed by atoms with van der Waals surface area (Å²) < 4.78 is 7.03. The van der Waals surface area contributed by atoms with Crippen LogP contribution in [0.3, 0.4) is 0 Å². The molecule has 0 bridgehead atoms. The van der Waals surface area contributed by atoms with Crippen molar-refractivity contribution in [3.63, 3.8) is 0 Å². The molecule has 22 heavy (non-hydrogen) atoms. The first-order valence-electron chi connectivity index (χ1n) is 7.00. The predicted molar refractivity (Wildman–Crippen MR) is 86.6 cm³/mol. The van der Waals surface area contributed by atoms with E-state index >= 15 is 0 Å². The molecule has 1 atom stereocenters. The number of carbonyl (C=O) groups is 1. The van der Waals surface area contributed by atoms with Gasteiger partial charge in [-0.1, -0.05) is 17.7 Å². The van der Waals surface area contributed by atoms with E-state index in [0.717, 1.165) is 17.0 Å². The van der Waals surface area contributed by atoms with E-state index in [4.69, 9.17) is 16.3 Å². The highest BCUT2D eigenvalue weighted by Crippen LogP contribution is 2.27. The van der Waals surface area contributed by atoms with Gasteiger partial charge in [0.05, 0.1) is 29.4 Å². The number of benzene rings is 1. The third kappa shape index (κ3) is 2.95. The maximum absolute atomic E-state index is 12.6. The fourth-order valence-corrected chi connectivity index (χ4v) is 2.90. The number of nitrogens with zero attached hydrogens (tertiary/aromatic N) is 2. The number of methoxy groups -OCH3 is 1. The molecule has 5 nitrogen and oxygen atoms in total. The first-order valence-corrected chi connectivity index (χ1v) is 7.38. The topological polar surface area (TPSA) is 56.1 Å². The molecule has 2 rings (SSSR count). The molecule has 118 valence electrons. The van der Waals surface area contributed by atoms with Crippen LogP contribution in [0.1, 0.15) is 40.3 Å². The Morgan fingerprint density at radius 3 is 2.64 bits per heavy atom. The van der Waals surface area contributed by atoms with Gasteiger partial charge in [0.1, 0.15) is 5.75 Å². The van der Waals surface area contributed by atoms with Crippen molar-refractivity contribution < 1.29 is 9.53 Å². The first-order chi connectivity index (χ1) is 10.4. The second-order valence-electron chi connectivity index (χ2n) is 5.22. The Morgan fingerprint density at radius 2 is 2.09 bits per heavy atom. The van der Waals surface area contributed by atoms with Crippen LogP contribution in [0.2, 0.25) is 5.02 Å². The van der Waals surface area contributed by atoms with Gasteiger partial charge in [0, 0.05) is 18.3 Å². The lowest BCUT2D eigenvalue weighted by Gasteiger charge is -2.17. The first kappa shape index (κ1) is 16.4. The second-order valence-corrected chi connectivity index (χ2v) is 5.63. The van der Waals surface area contributed by atoms with Gasteiger partial charge in [0.15, 0.2) is 0 Å². The number of aromatic nitrogens is 2. The fraction of sp³-hybridized carbons (Fsp3) is 0.375. The van der Waals surface area contributed by atoms with Gasteiger partial charge in [0.2, 0.25) is 0 Å². The normalized spacial score (nSPS) is 12.1. The SMILES string of the molecule is COc1cccc(Cl)c1C(=O)NC(C)c1c(C)nn(C)c1C. The average molecular weight is 322 g/mol. The highest BCUT2D eigenvalue weighted by molar-refractivity contribution is 6.34. The molecule has 0 aliphatic rings. The van der Waals surface area contributed by atoms with E-state index in [1.807, 2.05) is 32.5 Å². The summed E-state index contributed by atoms with van der Waals surface area (Å²) in [6, 6.07) is 4.95. The number of hydrogen-bond donors (Lipinski definition) is 1. The zero-order valence-corrected chi connectivity index (χ0v) is 14.2. The molecule has 2 aromatic rings. The summed E-state index contributed by atoms with van der Waals surface area (Å²) in [6.07, 6.45) is 0. The van der Waals surface area contributed by atoms with Gasteiger partial charge >= 0.3 is 0 Å². The summed E-state index contributed by atoms with van der Waals surface area (Å²) in [6.45, 7) is 5.84. The van der Waals surface area contributed by atoms with Crippen LogP contribution >= 0.6 is 11.6 Å². The molecule has 1 unspecified atom stereocenters. The van der Waals surface area contributed by atoms with Crippen LogP contribution in [0.15, 0.2) is 18.2 Å². The zero-order chi connectivity index (χ0) is 16.4. The molecule has 1 N–H and O–H groups in total. The number of halogens is 1. The zero-order valence-electron chi connectivity index (χ0n) is 13.4. The fourth-order valence-electron chi connectivity index (χ4n) is 2.65. The Morgan fingerprint density at radius 1 is 1.41 bits per heavy atom. The molecule has 6 heteroatoms. The second kappa shape index (κ2) is 6.40.